The Bertz CT molecular complexity index is 510. The molecule has 1 aliphatic heterocycles. The van der Waals surface area contributed by atoms with E-state index in [2.05, 4.69) is 5.32 Å². The van der Waals surface area contributed by atoms with Crippen LogP contribution >= 0.6 is 11.6 Å². The van der Waals surface area contributed by atoms with E-state index in [-0.39, 0.29) is 30.7 Å². The highest BCUT2D eigenvalue weighted by atomic mass is 35.5. The predicted molar refractivity (Wildman–Crippen MR) is 86.0 cm³/mol. The SMILES string of the molecule is CC(C)[C@H](NC(=O)N1CCO[C@@H](CO)C1)c1ccccc1Cl. The lowest BCUT2D eigenvalue weighted by atomic mass is 9.96. The minimum atomic E-state index is -0.308. The first kappa shape index (κ1) is 17.1. The van der Waals surface area contributed by atoms with Crippen LogP contribution in [0.15, 0.2) is 24.3 Å². The van der Waals surface area contributed by atoms with E-state index < -0.39 is 0 Å². The highest BCUT2D eigenvalue weighted by molar-refractivity contribution is 6.31. The Labute approximate surface area is 136 Å². The van der Waals surface area contributed by atoms with E-state index >= 15 is 0 Å². The van der Waals surface area contributed by atoms with Gasteiger partial charge < -0.3 is 20.1 Å². The van der Waals surface area contributed by atoms with Crippen molar-refractivity contribution in [3.05, 3.63) is 34.9 Å². The monoisotopic (exact) mass is 326 g/mol. The van der Waals surface area contributed by atoms with Crippen LogP contribution in [-0.4, -0.2) is 48.4 Å². The second-order valence-electron chi connectivity index (χ2n) is 5.81. The molecule has 1 saturated heterocycles. The second-order valence-corrected chi connectivity index (χ2v) is 6.22. The van der Waals surface area contributed by atoms with E-state index in [0.29, 0.717) is 24.7 Å². The van der Waals surface area contributed by atoms with Crippen LogP contribution in [0, 0.1) is 5.92 Å². The summed E-state index contributed by atoms with van der Waals surface area (Å²) in [6, 6.07) is 7.24. The fourth-order valence-corrected chi connectivity index (χ4v) is 2.82. The molecular weight excluding hydrogens is 304 g/mol. The number of rotatable bonds is 4. The number of carbonyl (C=O) groups excluding carboxylic acids is 1. The lowest BCUT2D eigenvalue weighted by Crippen LogP contribution is -2.51. The smallest absolute Gasteiger partial charge is 0.318 e. The molecule has 0 spiro atoms. The van der Waals surface area contributed by atoms with Crippen molar-refractivity contribution in [3.63, 3.8) is 0 Å². The number of urea groups is 1. The zero-order valence-electron chi connectivity index (χ0n) is 13.0. The van der Waals surface area contributed by atoms with E-state index in [1.807, 2.05) is 38.1 Å². The van der Waals surface area contributed by atoms with Gasteiger partial charge in [-0.15, -0.1) is 0 Å². The molecule has 0 unspecified atom stereocenters. The molecule has 22 heavy (non-hydrogen) atoms. The Hall–Kier alpha value is -1.30. The van der Waals surface area contributed by atoms with Gasteiger partial charge in [-0.3, -0.25) is 0 Å². The third-order valence-corrected chi connectivity index (χ3v) is 4.16. The van der Waals surface area contributed by atoms with Crippen molar-refractivity contribution in [2.24, 2.45) is 5.92 Å². The number of halogens is 1. The van der Waals surface area contributed by atoms with Crippen LogP contribution < -0.4 is 5.32 Å². The Morgan fingerprint density at radius 2 is 2.23 bits per heavy atom. The number of morpholine rings is 1. The van der Waals surface area contributed by atoms with Gasteiger partial charge in [-0.1, -0.05) is 43.6 Å². The topological polar surface area (TPSA) is 61.8 Å². The maximum Gasteiger partial charge on any atom is 0.318 e. The fraction of sp³-hybridized carbons (Fsp3) is 0.562. The van der Waals surface area contributed by atoms with Crippen molar-refractivity contribution in [1.29, 1.82) is 0 Å². The van der Waals surface area contributed by atoms with Gasteiger partial charge in [0.05, 0.1) is 31.9 Å². The number of aliphatic hydroxyl groups excluding tert-OH is 1. The van der Waals surface area contributed by atoms with Crippen molar-refractivity contribution >= 4 is 17.6 Å². The summed E-state index contributed by atoms with van der Waals surface area (Å²) in [6.07, 6.45) is -0.308. The van der Waals surface area contributed by atoms with Crippen molar-refractivity contribution in [1.82, 2.24) is 10.2 Å². The molecule has 0 aromatic heterocycles. The molecule has 2 amide bonds. The summed E-state index contributed by atoms with van der Waals surface area (Å²) < 4.78 is 5.37. The van der Waals surface area contributed by atoms with Crippen molar-refractivity contribution < 1.29 is 14.6 Å². The molecule has 0 radical (unpaired) electrons. The lowest BCUT2D eigenvalue weighted by molar-refractivity contribution is -0.0406. The summed E-state index contributed by atoms with van der Waals surface area (Å²) in [6.45, 7) is 5.37. The first-order valence-corrected chi connectivity index (χ1v) is 7.93. The fourth-order valence-electron chi connectivity index (χ4n) is 2.57. The first-order valence-electron chi connectivity index (χ1n) is 7.55. The molecule has 1 heterocycles. The summed E-state index contributed by atoms with van der Waals surface area (Å²) in [7, 11) is 0. The average molecular weight is 327 g/mol. The molecule has 2 N–H and O–H groups in total. The number of ether oxygens (including phenoxy) is 1. The predicted octanol–water partition coefficient (Wildman–Crippen LogP) is 2.44. The maximum absolute atomic E-state index is 12.5. The van der Waals surface area contributed by atoms with Crippen molar-refractivity contribution in [2.75, 3.05) is 26.3 Å². The molecule has 1 aromatic rings. The number of aliphatic hydroxyl groups is 1. The van der Waals surface area contributed by atoms with E-state index in [1.54, 1.807) is 4.90 Å². The van der Waals surface area contributed by atoms with Gasteiger partial charge in [0, 0.05) is 11.6 Å². The number of hydrogen-bond donors (Lipinski definition) is 2. The highest BCUT2D eigenvalue weighted by Gasteiger charge is 2.27. The molecule has 2 atom stereocenters. The minimum Gasteiger partial charge on any atom is -0.394 e. The van der Waals surface area contributed by atoms with Crippen molar-refractivity contribution in [3.8, 4) is 0 Å². The molecule has 1 aliphatic rings. The van der Waals surface area contributed by atoms with Gasteiger partial charge in [-0.2, -0.15) is 0 Å². The Morgan fingerprint density at radius 3 is 2.86 bits per heavy atom. The summed E-state index contributed by atoms with van der Waals surface area (Å²) in [5.41, 5.74) is 0.916. The molecule has 6 heteroatoms. The molecule has 0 bridgehead atoms. The zero-order valence-corrected chi connectivity index (χ0v) is 13.7. The van der Waals surface area contributed by atoms with Crippen molar-refractivity contribution in [2.45, 2.75) is 26.0 Å². The molecule has 5 nitrogen and oxygen atoms in total. The summed E-state index contributed by atoms with van der Waals surface area (Å²) in [5, 5.41) is 12.9. The van der Waals surface area contributed by atoms with Gasteiger partial charge in [-0.25, -0.2) is 4.79 Å². The van der Waals surface area contributed by atoms with Crippen LogP contribution in [0.5, 0.6) is 0 Å². The maximum atomic E-state index is 12.5. The van der Waals surface area contributed by atoms with Crippen LogP contribution in [0.25, 0.3) is 0 Å². The summed E-state index contributed by atoms with van der Waals surface area (Å²) in [4.78, 5) is 14.2. The third kappa shape index (κ3) is 4.12. The van der Waals surface area contributed by atoms with Gasteiger partial charge in [0.2, 0.25) is 0 Å². The largest absolute Gasteiger partial charge is 0.394 e. The van der Waals surface area contributed by atoms with Crippen LogP contribution in [0.4, 0.5) is 4.79 Å². The Kier molecular flexibility index (Phi) is 6.06. The molecule has 122 valence electrons. The van der Waals surface area contributed by atoms with Crippen LogP contribution in [0.1, 0.15) is 25.5 Å². The van der Waals surface area contributed by atoms with E-state index in [1.165, 1.54) is 0 Å². The summed E-state index contributed by atoms with van der Waals surface area (Å²) in [5.74, 6) is 0.207. The number of carbonyl (C=O) groups is 1. The molecule has 0 aliphatic carbocycles. The van der Waals surface area contributed by atoms with E-state index in [4.69, 9.17) is 16.3 Å². The minimum absolute atomic E-state index is 0.0814. The summed E-state index contributed by atoms with van der Waals surface area (Å²) >= 11 is 6.26. The molecular formula is C16H23ClN2O3. The molecule has 1 fully saturated rings. The molecule has 2 rings (SSSR count). The average Bonchev–Trinajstić information content (AvgIpc) is 2.53. The van der Waals surface area contributed by atoms with Gasteiger partial charge in [0.25, 0.3) is 0 Å². The molecule has 1 aromatic carbocycles. The van der Waals surface area contributed by atoms with Gasteiger partial charge >= 0.3 is 6.03 Å². The van der Waals surface area contributed by atoms with E-state index in [9.17, 15) is 9.90 Å². The van der Waals surface area contributed by atoms with Crippen LogP contribution in [0.2, 0.25) is 5.02 Å². The van der Waals surface area contributed by atoms with Crippen LogP contribution in [-0.2, 0) is 4.74 Å². The Morgan fingerprint density at radius 1 is 1.50 bits per heavy atom. The van der Waals surface area contributed by atoms with Gasteiger partial charge in [0.15, 0.2) is 0 Å². The number of nitrogens with zero attached hydrogens (tertiary/aromatic N) is 1. The van der Waals surface area contributed by atoms with Gasteiger partial charge in [-0.05, 0) is 17.5 Å². The number of nitrogens with one attached hydrogen (secondary N) is 1. The highest BCUT2D eigenvalue weighted by Crippen LogP contribution is 2.28. The third-order valence-electron chi connectivity index (χ3n) is 3.82. The molecule has 0 saturated carbocycles. The second kappa shape index (κ2) is 7.81. The zero-order chi connectivity index (χ0) is 16.1. The Balaban J connectivity index is 2.08. The normalized spacial score (nSPS) is 20.0. The van der Waals surface area contributed by atoms with Gasteiger partial charge in [0.1, 0.15) is 0 Å². The number of amides is 2. The van der Waals surface area contributed by atoms with E-state index in [0.717, 1.165) is 5.56 Å². The number of benzene rings is 1. The first-order chi connectivity index (χ1) is 10.5. The lowest BCUT2D eigenvalue weighted by Gasteiger charge is -2.34. The van der Waals surface area contributed by atoms with Crippen LogP contribution in [0.3, 0.4) is 0 Å². The quantitative estimate of drug-likeness (QED) is 0.893. The number of hydrogen-bond acceptors (Lipinski definition) is 3. The standard InChI is InChI=1S/C16H23ClN2O3/c1-11(2)15(13-5-3-4-6-14(13)17)18-16(21)19-7-8-22-12(9-19)10-20/h3-6,11-12,15,20H,7-10H2,1-2H3,(H,18,21)/t12-,15+/m1/s1.